The van der Waals surface area contributed by atoms with E-state index in [1.165, 1.54) is 36.9 Å². The number of carbonyl (C=O) groups is 1. The molecule has 0 fully saturated rings. The summed E-state index contributed by atoms with van der Waals surface area (Å²) in [7, 11) is 3.00. The van der Waals surface area contributed by atoms with Crippen LogP contribution in [0.1, 0.15) is 10.4 Å². The van der Waals surface area contributed by atoms with E-state index in [0.29, 0.717) is 22.8 Å². The highest BCUT2D eigenvalue weighted by molar-refractivity contribution is 5.97. The first-order valence-electron chi connectivity index (χ1n) is 11.4. The van der Waals surface area contributed by atoms with Crippen molar-refractivity contribution in [2.75, 3.05) is 14.2 Å². The Kier molecular flexibility index (Phi) is 6.24. The molecule has 13 heteroatoms. The van der Waals surface area contributed by atoms with Crippen LogP contribution in [0.3, 0.4) is 0 Å². The van der Waals surface area contributed by atoms with E-state index in [2.05, 4.69) is 4.98 Å². The second kappa shape index (κ2) is 9.70. The number of benzene rings is 3. The van der Waals surface area contributed by atoms with Gasteiger partial charge in [-0.2, -0.15) is 0 Å². The van der Waals surface area contributed by atoms with Gasteiger partial charge in [0.25, 0.3) is 5.56 Å². The van der Waals surface area contributed by atoms with Crippen molar-refractivity contribution in [2.45, 2.75) is 6.54 Å². The van der Waals surface area contributed by atoms with Crippen molar-refractivity contribution >= 4 is 33.8 Å². The summed E-state index contributed by atoms with van der Waals surface area (Å²) in [6, 6.07) is 15.0. The molecule has 0 amide bonds. The number of nitrogens with zero attached hydrogens (tertiary/aromatic N) is 5. The molecule has 2 heterocycles. The van der Waals surface area contributed by atoms with Gasteiger partial charge in [0.1, 0.15) is 11.5 Å². The van der Waals surface area contributed by atoms with Gasteiger partial charge >= 0.3 is 11.4 Å². The SMILES string of the molecule is COc1ccc(C(=O)Cn2c(=O)c3nc(-c4ccc(OC)cc4)cn3c3cc([N+](=O)[O-])c([N+](=O)[O-])cc32)cc1. The second-order valence-electron chi connectivity index (χ2n) is 8.44. The van der Waals surface area contributed by atoms with Crippen LogP contribution in [-0.2, 0) is 6.54 Å². The van der Waals surface area contributed by atoms with Crippen LogP contribution in [0, 0.1) is 20.2 Å². The average Bonchev–Trinajstić information content (AvgIpc) is 3.40. The molecule has 0 spiro atoms. The zero-order valence-electron chi connectivity index (χ0n) is 20.6. The lowest BCUT2D eigenvalue weighted by atomic mass is 10.1. The van der Waals surface area contributed by atoms with E-state index >= 15 is 0 Å². The van der Waals surface area contributed by atoms with Crippen molar-refractivity contribution in [1.82, 2.24) is 14.0 Å². The van der Waals surface area contributed by atoms with E-state index < -0.39 is 39.1 Å². The Labute approximate surface area is 218 Å². The van der Waals surface area contributed by atoms with Crippen LogP contribution in [0.5, 0.6) is 11.5 Å². The highest BCUT2D eigenvalue weighted by Crippen LogP contribution is 2.33. The first-order chi connectivity index (χ1) is 18.7. The Hall–Kier alpha value is -5.59. The number of ether oxygens (including phenoxy) is 2. The summed E-state index contributed by atoms with van der Waals surface area (Å²) in [4.78, 5) is 52.8. The molecule has 0 saturated heterocycles. The molecule has 13 nitrogen and oxygen atoms in total. The van der Waals surface area contributed by atoms with Crippen LogP contribution >= 0.6 is 0 Å². The zero-order valence-corrected chi connectivity index (χ0v) is 20.6. The molecule has 196 valence electrons. The summed E-state index contributed by atoms with van der Waals surface area (Å²) in [6.45, 7) is -0.488. The van der Waals surface area contributed by atoms with Crippen LogP contribution in [-0.4, -0.2) is 43.8 Å². The topological polar surface area (TPSA) is 161 Å². The Bertz CT molecular complexity index is 1840. The Balaban J connectivity index is 1.76. The maximum Gasteiger partial charge on any atom is 0.348 e. The van der Waals surface area contributed by atoms with Gasteiger partial charge < -0.3 is 9.47 Å². The number of methoxy groups -OCH3 is 2. The molecule has 0 N–H and O–H groups in total. The summed E-state index contributed by atoms with van der Waals surface area (Å²) in [5.74, 6) is 0.672. The number of ketones is 1. The van der Waals surface area contributed by atoms with Gasteiger partial charge in [-0.15, -0.1) is 0 Å². The number of carbonyl (C=O) groups excluding carboxylic acids is 1. The monoisotopic (exact) mass is 529 g/mol. The van der Waals surface area contributed by atoms with Crippen molar-refractivity contribution in [1.29, 1.82) is 0 Å². The van der Waals surface area contributed by atoms with Crippen LogP contribution < -0.4 is 15.0 Å². The molecule has 3 aromatic carbocycles. The van der Waals surface area contributed by atoms with Crippen molar-refractivity contribution in [3.05, 3.63) is 103 Å². The highest BCUT2D eigenvalue weighted by Gasteiger charge is 2.28. The third kappa shape index (κ3) is 4.41. The quantitative estimate of drug-likeness (QED) is 0.164. The lowest BCUT2D eigenvalue weighted by Gasteiger charge is -2.12. The maximum atomic E-state index is 13.6. The van der Waals surface area contributed by atoms with E-state index in [4.69, 9.17) is 9.47 Å². The molecule has 5 aromatic rings. The largest absolute Gasteiger partial charge is 0.497 e. The second-order valence-corrected chi connectivity index (χ2v) is 8.44. The van der Waals surface area contributed by atoms with Gasteiger partial charge in [-0.3, -0.25) is 38.8 Å². The minimum absolute atomic E-state index is 0.0367. The van der Waals surface area contributed by atoms with Gasteiger partial charge in [0, 0.05) is 29.5 Å². The van der Waals surface area contributed by atoms with Crippen molar-refractivity contribution in [3.63, 3.8) is 0 Å². The van der Waals surface area contributed by atoms with E-state index in [9.17, 15) is 29.8 Å². The number of fused-ring (bicyclic) bond motifs is 3. The molecule has 2 aromatic heterocycles. The van der Waals surface area contributed by atoms with E-state index in [-0.39, 0.29) is 22.2 Å². The third-order valence-electron chi connectivity index (χ3n) is 6.26. The number of rotatable bonds is 8. The van der Waals surface area contributed by atoms with Crippen molar-refractivity contribution in [3.8, 4) is 22.8 Å². The minimum Gasteiger partial charge on any atom is -0.497 e. The van der Waals surface area contributed by atoms with Crippen molar-refractivity contribution in [2.24, 2.45) is 0 Å². The molecule has 5 rings (SSSR count). The van der Waals surface area contributed by atoms with Crippen LogP contribution in [0.4, 0.5) is 11.4 Å². The number of hydrogen-bond donors (Lipinski definition) is 0. The number of nitro groups is 2. The fraction of sp³-hybridized carbons (Fsp3) is 0.115. The smallest absolute Gasteiger partial charge is 0.348 e. The predicted octanol–water partition coefficient (Wildman–Crippen LogP) is 4.03. The zero-order chi connectivity index (χ0) is 27.8. The number of hydrogen-bond acceptors (Lipinski definition) is 9. The number of aromatic nitrogens is 3. The van der Waals surface area contributed by atoms with E-state index in [1.54, 1.807) is 36.4 Å². The maximum absolute atomic E-state index is 13.6. The number of imidazole rings is 1. The number of nitro benzene ring substituents is 2. The normalized spacial score (nSPS) is 11.0. The van der Waals surface area contributed by atoms with Gasteiger partial charge in [-0.05, 0) is 48.5 Å². The van der Waals surface area contributed by atoms with Crippen molar-refractivity contribution < 1.29 is 24.1 Å². The summed E-state index contributed by atoms with van der Waals surface area (Å²) in [5, 5.41) is 23.4. The van der Waals surface area contributed by atoms with Gasteiger partial charge in [0.2, 0.25) is 5.65 Å². The summed E-state index contributed by atoms with van der Waals surface area (Å²) in [5.41, 5.74) is -1.06. The summed E-state index contributed by atoms with van der Waals surface area (Å²) < 4.78 is 12.7. The van der Waals surface area contributed by atoms with E-state index in [1.807, 2.05) is 0 Å². The molecule has 0 radical (unpaired) electrons. The molecule has 0 bridgehead atoms. The fourth-order valence-electron chi connectivity index (χ4n) is 4.27. The average molecular weight is 529 g/mol. The minimum atomic E-state index is -0.904. The molecule has 0 unspecified atom stereocenters. The summed E-state index contributed by atoms with van der Waals surface area (Å²) >= 11 is 0. The van der Waals surface area contributed by atoms with Crippen LogP contribution in [0.2, 0.25) is 0 Å². The molecular weight excluding hydrogens is 510 g/mol. The molecular formula is C26H19N5O8. The fourth-order valence-corrected chi connectivity index (χ4v) is 4.27. The van der Waals surface area contributed by atoms with E-state index in [0.717, 1.165) is 16.7 Å². The highest BCUT2D eigenvalue weighted by atomic mass is 16.6. The Morgan fingerprint density at radius 1 is 0.872 bits per heavy atom. The number of Topliss-reactive ketones (excluding diaryl/α,β-unsaturated/α-hetero) is 1. The standard InChI is InChI=1S/C26H19N5O8/c1-38-17-7-3-15(4-8-17)19-13-28-20-11-22(30(34)35)23(31(36)37)12-21(20)29(26(33)25(28)27-19)14-24(32)16-5-9-18(39-2)10-6-16/h3-13H,14H2,1-2H3. The lowest BCUT2D eigenvalue weighted by Crippen LogP contribution is -2.27. The van der Waals surface area contributed by atoms with Gasteiger partial charge in [0.15, 0.2) is 5.78 Å². The molecule has 0 aliphatic rings. The first-order valence-corrected chi connectivity index (χ1v) is 11.4. The molecule has 39 heavy (non-hydrogen) atoms. The Morgan fingerprint density at radius 3 is 1.95 bits per heavy atom. The predicted molar refractivity (Wildman–Crippen MR) is 140 cm³/mol. The third-order valence-corrected chi connectivity index (χ3v) is 6.26. The molecule has 0 aliphatic carbocycles. The Morgan fingerprint density at radius 2 is 1.41 bits per heavy atom. The van der Waals surface area contributed by atoms with Gasteiger partial charge in [-0.25, -0.2) is 4.98 Å². The lowest BCUT2D eigenvalue weighted by molar-refractivity contribution is -0.422. The summed E-state index contributed by atoms with van der Waals surface area (Å²) in [6.07, 6.45) is 1.51. The van der Waals surface area contributed by atoms with Crippen LogP contribution in [0.15, 0.2) is 71.7 Å². The van der Waals surface area contributed by atoms with Gasteiger partial charge in [0.05, 0.1) is 47.3 Å². The van der Waals surface area contributed by atoms with Crippen LogP contribution in [0.25, 0.3) is 27.9 Å². The molecule has 0 atom stereocenters. The molecule has 0 saturated carbocycles. The molecule has 0 aliphatic heterocycles. The first kappa shape index (κ1) is 25.1. The van der Waals surface area contributed by atoms with Gasteiger partial charge in [-0.1, -0.05) is 0 Å².